The Kier molecular flexibility index (Phi) is 6.68. The molecule has 2 N–H and O–H groups in total. The number of aliphatic hydroxyl groups excluding tert-OH is 1. The van der Waals surface area contributed by atoms with Crippen molar-refractivity contribution in [3.05, 3.63) is 35.9 Å². The van der Waals surface area contributed by atoms with Gasteiger partial charge in [0.05, 0.1) is 18.8 Å². The van der Waals surface area contributed by atoms with Crippen LogP contribution in [0.2, 0.25) is 0 Å². The van der Waals surface area contributed by atoms with E-state index in [9.17, 15) is 5.11 Å². The molecule has 3 heteroatoms. The second kappa shape index (κ2) is 8.52. The van der Waals surface area contributed by atoms with Crippen LogP contribution in [0.15, 0.2) is 30.3 Å². The minimum absolute atomic E-state index is 0.245. The largest absolute Gasteiger partial charge is 0.389 e. The highest BCUT2D eigenvalue weighted by atomic mass is 16.5. The third kappa shape index (κ3) is 5.42. The van der Waals surface area contributed by atoms with Gasteiger partial charge in [0.15, 0.2) is 0 Å². The van der Waals surface area contributed by atoms with E-state index in [4.69, 9.17) is 4.74 Å². The summed E-state index contributed by atoms with van der Waals surface area (Å²) >= 11 is 0. The average Bonchev–Trinajstić information content (AvgIpc) is 2.52. The fraction of sp³-hybridized carbons (Fsp3) is 0.667. The van der Waals surface area contributed by atoms with Gasteiger partial charge in [0.1, 0.15) is 0 Å². The van der Waals surface area contributed by atoms with E-state index < -0.39 is 6.10 Å². The van der Waals surface area contributed by atoms with Gasteiger partial charge in [-0.2, -0.15) is 0 Å². The van der Waals surface area contributed by atoms with Crippen molar-refractivity contribution in [3.63, 3.8) is 0 Å². The Bertz CT molecular complexity index is 395. The van der Waals surface area contributed by atoms with Gasteiger partial charge in [0.2, 0.25) is 0 Å². The summed E-state index contributed by atoms with van der Waals surface area (Å²) in [6.45, 7) is 5.37. The van der Waals surface area contributed by atoms with Crippen LogP contribution < -0.4 is 5.32 Å². The summed E-state index contributed by atoms with van der Waals surface area (Å²) < 4.78 is 5.90. The van der Waals surface area contributed by atoms with Gasteiger partial charge in [-0.15, -0.1) is 0 Å². The summed E-state index contributed by atoms with van der Waals surface area (Å²) in [6.07, 6.45) is 4.87. The molecule has 1 aliphatic carbocycles. The number of aliphatic hydroxyl groups is 1. The van der Waals surface area contributed by atoms with Crippen LogP contribution in [0.1, 0.15) is 51.1 Å². The molecule has 1 aromatic rings. The van der Waals surface area contributed by atoms with Gasteiger partial charge in [-0.25, -0.2) is 0 Å². The van der Waals surface area contributed by atoms with E-state index in [0.29, 0.717) is 25.2 Å². The van der Waals surface area contributed by atoms with Crippen LogP contribution in [0.25, 0.3) is 0 Å². The van der Waals surface area contributed by atoms with Gasteiger partial charge >= 0.3 is 0 Å². The molecule has 118 valence electrons. The lowest BCUT2D eigenvalue weighted by atomic mass is 9.88. The van der Waals surface area contributed by atoms with Gasteiger partial charge in [-0.3, -0.25) is 0 Å². The molecule has 3 nitrogen and oxygen atoms in total. The molecule has 21 heavy (non-hydrogen) atoms. The minimum Gasteiger partial charge on any atom is -0.389 e. The van der Waals surface area contributed by atoms with Crippen LogP contribution in [-0.2, 0) is 4.74 Å². The van der Waals surface area contributed by atoms with E-state index in [1.165, 1.54) is 24.8 Å². The summed E-state index contributed by atoms with van der Waals surface area (Å²) in [5, 5.41) is 13.4. The highest BCUT2D eigenvalue weighted by Gasteiger charge is 2.22. The van der Waals surface area contributed by atoms with Crippen molar-refractivity contribution < 1.29 is 9.84 Å². The van der Waals surface area contributed by atoms with Crippen molar-refractivity contribution in [3.8, 4) is 0 Å². The van der Waals surface area contributed by atoms with E-state index in [2.05, 4.69) is 31.3 Å². The van der Waals surface area contributed by atoms with Crippen molar-refractivity contribution >= 4 is 0 Å². The van der Waals surface area contributed by atoms with Gasteiger partial charge in [-0.1, -0.05) is 50.1 Å². The Hall–Kier alpha value is -0.900. The van der Waals surface area contributed by atoms with Gasteiger partial charge in [-0.05, 0) is 31.2 Å². The summed E-state index contributed by atoms with van der Waals surface area (Å²) in [7, 11) is 0. The Morgan fingerprint density at radius 1 is 1.24 bits per heavy atom. The molecule has 2 rings (SSSR count). The number of hydrogen-bond donors (Lipinski definition) is 2. The molecule has 0 spiro atoms. The molecule has 0 amide bonds. The number of hydrogen-bond acceptors (Lipinski definition) is 3. The van der Waals surface area contributed by atoms with Gasteiger partial charge < -0.3 is 15.2 Å². The quantitative estimate of drug-likeness (QED) is 0.810. The maximum absolute atomic E-state index is 10.1. The van der Waals surface area contributed by atoms with E-state index in [0.717, 1.165) is 6.42 Å². The maximum atomic E-state index is 10.1. The van der Waals surface area contributed by atoms with E-state index in [-0.39, 0.29) is 6.04 Å². The lowest BCUT2D eigenvalue weighted by Crippen LogP contribution is -2.35. The lowest BCUT2D eigenvalue weighted by molar-refractivity contribution is -0.0455. The Morgan fingerprint density at radius 2 is 1.95 bits per heavy atom. The molecule has 3 unspecified atom stereocenters. The zero-order valence-corrected chi connectivity index (χ0v) is 13.3. The van der Waals surface area contributed by atoms with Crippen molar-refractivity contribution in [2.45, 2.75) is 57.8 Å². The first-order chi connectivity index (χ1) is 10.2. The van der Waals surface area contributed by atoms with E-state index >= 15 is 0 Å². The molecule has 0 aromatic heterocycles. The fourth-order valence-corrected chi connectivity index (χ4v) is 3.00. The highest BCUT2D eigenvalue weighted by molar-refractivity contribution is 5.17. The molecule has 1 fully saturated rings. The molecule has 4 atom stereocenters. The second-order valence-electron chi connectivity index (χ2n) is 6.33. The van der Waals surface area contributed by atoms with Crippen molar-refractivity contribution in [1.82, 2.24) is 5.32 Å². The molecule has 0 aliphatic heterocycles. The van der Waals surface area contributed by atoms with Crippen molar-refractivity contribution in [1.29, 1.82) is 0 Å². The lowest BCUT2D eigenvalue weighted by Gasteiger charge is -2.29. The third-order valence-electron chi connectivity index (χ3n) is 4.49. The third-order valence-corrected chi connectivity index (χ3v) is 4.49. The minimum atomic E-state index is -0.440. The topological polar surface area (TPSA) is 41.5 Å². The van der Waals surface area contributed by atoms with Crippen LogP contribution in [0, 0.1) is 5.92 Å². The molecule has 0 bridgehead atoms. The molecule has 0 radical (unpaired) electrons. The van der Waals surface area contributed by atoms with Crippen LogP contribution >= 0.6 is 0 Å². The number of ether oxygens (including phenoxy) is 1. The number of rotatable bonds is 7. The molecular formula is C18H29NO2. The van der Waals surface area contributed by atoms with Crippen LogP contribution in [0.5, 0.6) is 0 Å². The molecule has 1 saturated carbocycles. The van der Waals surface area contributed by atoms with Crippen LogP contribution in [0.4, 0.5) is 0 Å². The Labute approximate surface area is 128 Å². The maximum Gasteiger partial charge on any atom is 0.0898 e. The normalized spacial score (nSPS) is 25.5. The van der Waals surface area contributed by atoms with Crippen LogP contribution in [0.3, 0.4) is 0 Å². The Balaban J connectivity index is 1.66. The first-order valence-electron chi connectivity index (χ1n) is 8.25. The summed E-state index contributed by atoms with van der Waals surface area (Å²) in [5.41, 5.74) is 1.24. The fourth-order valence-electron chi connectivity index (χ4n) is 3.00. The molecular weight excluding hydrogens is 262 g/mol. The zero-order chi connectivity index (χ0) is 15.1. The molecule has 1 aliphatic rings. The Morgan fingerprint density at radius 3 is 2.67 bits per heavy atom. The zero-order valence-electron chi connectivity index (χ0n) is 13.3. The van der Waals surface area contributed by atoms with E-state index in [1.807, 2.05) is 18.2 Å². The summed E-state index contributed by atoms with van der Waals surface area (Å²) in [6, 6.07) is 10.5. The van der Waals surface area contributed by atoms with Crippen LogP contribution in [-0.4, -0.2) is 30.5 Å². The van der Waals surface area contributed by atoms with E-state index in [1.54, 1.807) is 0 Å². The summed E-state index contributed by atoms with van der Waals surface area (Å²) in [4.78, 5) is 0. The van der Waals surface area contributed by atoms with Crippen molar-refractivity contribution in [2.24, 2.45) is 5.92 Å². The number of benzene rings is 1. The number of nitrogens with one attached hydrogen (secondary N) is 1. The molecule has 0 saturated heterocycles. The first-order valence-corrected chi connectivity index (χ1v) is 8.25. The van der Waals surface area contributed by atoms with Crippen molar-refractivity contribution in [2.75, 3.05) is 13.2 Å². The predicted octanol–water partition coefficient (Wildman–Crippen LogP) is 3.29. The predicted molar refractivity (Wildman–Crippen MR) is 86.2 cm³/mol. The van der Waals surface area contributed by atoms with Gasteiger partial charge in [0.25, 0.3) is 0 Å². The second-order valence-corrected chi connectivity index (χ2v) is 6.33. The molecule has 0 heterocycles. The average molecular weight is 291 g/mol. The summed E-state index contributed by atoms with van der Waals surface area (Å²) in [5.74, 6) is 0.627. The first kappa shape index (κ1) is 16.5. The molecule has 1 aromatic carbocycles. The highest BCUT2D eigenvalue weighted by Crippen LogP contribution is 2.26. The monoisotopic (exact) mass is 291 g/mol. The van der Waals surface area contributed by atoms with Gasteiger partial charge in [0, 0.05) is 12.6 Å². The SMILES string of the molecule is CC1CCCCC1OCC(O)CN[C@H](C)c1ccccc1. The smallest absolute Gasteiger partial charge is 0.0898 e. The standard InChI is InChI=1S/C18H29NO2/c1-14-8-6-7-11-18(14)21-13-17(20)12-19-15(2)16-9-4-3-5-10-16/h3-5,9-10,14-15,17-20H,6-8,11-13H2,1-2H3/t14?,15-,17?,18?/m1/s1.